The summed E-state index contributed by atoms with van der Waals surface area (Å²) in [4.78, 5) is 0. The van der Waals surface area contributed by atoms with E-state index in [2.05, 4.69) is 11.4 Å². The van der Waals surface area contributed by atoms with Gasteiger partial charge >= 0.3 is 0 Å². The summed E-state index contributed by atoms with van der Waals surface area (Å²) in [6.45, 7) is 0.728. The van der Waals surface area contributed by atoms with Gasteiger partial charge < -0.3 is 10.1 Å². The second-order valence-corrected chi connectivity index (χ2v) is 7.03. The Morgan fingerprint density at radius 2 is 1.74 bits per heavy atom. The van der Waals surface area contributed by atoms with Crippen molar-refractivity contribution in [3.63, 3.8) is 0 Å². The van der Waals surface area contributed by atoms with Crippen molar-refractivity contribution in [3.8, 4) is 6.07 Å². The molecule has 5 rings (SSSR count). The number of nitriles is 1. The van der Waals surface area contributed by atoms with Crippen LogP contribution in [0.25, 0.3) is 0 Å². The minimum absolute atomic E-state index is 0.363. The van der Waals surface area contributed by atoms with Crippen LogP contribution < -0.4 is 5.32 Å². The summed E-state index contributed by atoms with van der Waals surface area (Å²) in [7, 11) is 1.85. The molecule has 0 aromatic rings. The molecule has 0 spiro atoms. The van der Waals surface area contributed by atoms with E-state index in [1.807, 2.05) is 7.05 Å². The van der Waals surface area contributed by atoms with E-state index in [-0.39, 0.29) is 0 Å². The molecule has 5 aliphatic rings. The van der Waals surface area contributed by atoms with Gasteiger partial charge in [0.2, 0.25) is 5.88 Å². The summed E-state index contributed by atoms with van der Waals surface area (Å²) >= 11 is 0. The Balaban J connectivity index is 1.63. The zero-order valence-electron chi connectivity index (χ0n) is 11.6. The molecular formula is C16H22N2O. The molecule has 1 atom stereocenters. The van der Waals surface area contributed by atoms with Crippen LogP contribution in [0, 0.1) is 46.8 Å². The maximum absolute atomic E-state index is 9.46. The van der Waals surface area contributed by atoms with E-state index < -0.39 is 0 Å². The third-order valence-corrected chi connectivity index (χ3v) is 6.13. The Bertz CT molecular complexity index is 434. The van der Waals surface area contributed by atoms with Gasteiger partial charge in [0.25, 0.3) is 0 Å². The molecule has 1 aliphatic heterocycles. The van der Waals surface area contributed by atoms with Crippen LogP contribution in [0.1, 0.15) is 32.1 Å². The summed E-state index contributed by atoms with van der Waals surface area (Å²) in [5.74, 6) is 5.55. The largest absolute Gasteiger partial charge is 0.478 e. The molecule has 1 heterocycles. The van der Waals surface area contributed by atoms with E-state index >= 15 is 0 Å². The molecule has 1 N–H and O–H groups in total. The summed E-state index contributed by atoms with van der Waals surface area (Å²) in [5.41, 5.74) is 0.889. The molecule has 4 saturated carbocycles. The van der Waals surface area contributed by atoms with Gasteiger partial charge in [-0.2, -0.15) is 5.26 Å². The van der Waals surface area contributed by atoms with Crippen LogP contribution in [0.3, 0.4) is 0 Å². The van der Waals surface area contributed by atoms with Crippen LogP contribution in [0.4, 0.5) is 0 Å². The van der Waals surface area contributed by atoms with E-state index in [4.69, 9.17) is 4.74 Å². The molecular weight excluding hydrogens is 236 g/mol. The second-order valence-electron chi connectivity index (χ2n) is 7.03. The lowest BCUT2D eigenvalue weighted by atomic mass is 9.49. The van der Waals surface area contributed by atoms with E-state index in [0.717, 1.165) is 41.7 Å². The van der Waals surface area contributed by atoms with E-state index in [1.165, 1.54) is 32.1 Å². The van der Waals surface area contributed by atoms with Gasteiger partial charge in [-0.25, -0.2) is 0 Å². The lowest BCUT2D eigenvalue weighted by Crippen LogP contribution is -2.48. The van der Waals surface area contributed by atoms with Gasteiger partial charge in [0.15, 0.2) is 0 Å². The van der Waals surface area contributed by atoms with Crippen LogP contribution in [0.5, 0.6) is 0 Å². The summed E-state index contributed by atoms with van der Waals surface area (Å²) in [6.07, 6.45) is 7.16. The third kappa shape index (κ3) is 1.62. The maximum Gasteiger partial charge on any atom is 0.200 e. The topological polar surface area (TPSA) is 45.0 Å². The number of nitrogens with zero attached hydrogens (tertiary/aromatic N) is 1. The van der Waals surface area contributed by atoms with Crippen LogP contribution >= 0.6 is 0 Å². The molecule has 3 nitrogen and oxygen atoms in total. The first-order valence-electron chi connectivity index (χ1n) is 7.75. The monoisotopic (exact) mass is 258 g/mol. The Morgan fingerprint density at radius 1 is 1.11 bits per heavy atom. The third-order valence-electron chi connectivity index (χ3n) is 6.13. The second kappa shape index (κ2) is 4.16. The zero-order chi connectivity index (χ0) is 13.0. The molecule has 3 heteroatoms. The first-order valence-corrected chi connectivity index (χ1v) is 7.75. The fourth-order valence-corrected chi connectivity index (χ4v) is 5.77. The van der Waals surface area contributed by atoms with Crippen molar-refractivity contribution in [3.05, 3.63) is 11.5 Å². The van der Waals surface area contributed by atoms with E-state index in [0.29, 0.717) is 11.8 Å². The highest BCUT2D eigenvalue weighted by Crippen LogP contribution is 2.59. The van der Waals surface area contributed by atoms with Crippen LogP contribution in [-0.4, -0.2) is 13.7 Å². The van der Waals surface area contributed by atoms with Crippen molar-refractivity contribution in [2.45, 2.75) is 32.1 Å². The molecule has 1 unspecified atom stereocenters. The van der Waals surface area contributed by atoms with Crippen molar-refractivity contribution < 1.29 is 4.74 Å². The molecule has 0 saturated heterocycles. The SMILES string of the molecule is CNC1=C(C#N)C(C2C3CC4CC(C3)CC2C4)CO1. The first-order chi connectivity index (χ1) is 9.30. The molecule has 4 bridgehead atoms. The van der Waals surface area contributed by atoms with E-state index in [1.54, 1.807) is 0 Å². The van der Waals surface area contributed by atoms with Crippen molar-refractivity contribution in [1.82, 2.24) is 5.32 Å². The van der Waals surface area contributed by atoms with Gasteiger partial charge in [-0.3, -0.25) is 0 Å². The molecule has 0 radical (unpaired) electrons. The Labute approximate surface area is 115 Å². The maximum atomic E-state index is 9.46. The van der Waals surface area contributed by atoms with Crippen LogP contribution in [-0.2, 0) is 4.74 Å². The van der Waals surface area contributed by atoms with Crippen molar-refractivity contribution in [2.75, 3.05) is 13.7 Å². The van der Waals surface area contributed by atoms with Crippen LogP contribution in [0.15, 0.2) is 11.5 Å². The average molecular weight is 258 g/mol. The van der Waals surface area contributed by atoms with Gasteiger partial charge in [-0.05, 0) is 61.7 Å². The molecule has 0 amide bonds. The van der Waals surface area contributed by atoms with Gasteiger partial charge in [0.1, 0.15) is 6.07 Å². The number of ether oxygens (including phenoxy) is 1. The number of nitrogens with one attached hydrogen (secondary N) is 1. The van der Waals surface area contributed by atoms with Gasteiger partial charge in [0.05, 0.1) is 12.2 Å². The van der Waals surface area contributed by atoms with Gasteiger partial charge in [-0.1, -0.05) is 0 Å². The molecule has 0 aromatic heterocycles. The minimum Gasteiger partial charge on any atom is -0.478 e. The minimum atomic E-state index is 0.363. The molecule has 4 fully saturated rings. The average Bonchev–Trinajstić information content (AvgIpc) is 2.80. The van der Waals surface area contributed by atoms with Gasteiger partial charge in [-0.15, -0.1) is 0 Å². The van der Waals surface area contributed by atoms with Crippen molar-refractivity contribution >= 4 is 0 Å². The van der Waals surface area contributed by atoms with E-state index in [9.17, 15) is 5.26 Å². The van der Waals surface area contributed by atoms with Crippen molar-refractivity contribution in [2.24, 2.45) is 35.5 Å². The molecule has 0 aromatic carbocycles. The predicted molar refractivity (Wildman–Crippen MR) is 71.7 cm³/mol. The summed E-state index contributed by atoms with van der Waals surface area (Å²) in [6, 6.07) is 2.42. The van der Waals surface area contributed by atoms with Crippen molar-refractivity contribution in [1.29, 1.82) is 5.26 Å². The highest BCUT2D eigenvalue weighted by molar-refractivity contribution is 5.31. The standard InChI is InChI=1S/C16H22N2O/c1-18-16-13(7-17)14(8-19-16)15-11-3-9-2-10(5-11)6-12(15)4-9/h9-12,14-15,18H,2-6,8H2,1H3. The van der Waals surface area contributed by atoms with Gasteiger partial charge in [0, 0.05) is 13.0 Å². The number of hydrogen-bond donors (Lipinski definition) is 1. The first kappa shape index (κ1) is 11.6. The Hall–Kier alpha value is -1.17. The summed E-state index contributed by atoms with van der Waals surface area (Å²) < 4.78 is 5.72. The highest BCUT2D eigenvalue weighted by atomic mass is 16.5. The zero-order valence-corrected chi connectivity index (χ0v) is 11.6. The number of rotatable bonds is 2. The Morgan fingerprint density at radius 3 is 2.26 bits per heavy atom. The fraction of sp³-hybridized carbons (Fsp3) is 0.812. The molecule has 102 valence electrons. The normalized spacial score (nSPS) is 47.2. The highest BCUT2D eigenvalue weighted by Gasteiger charge is 2.52. The molecule has 4 aliphatic carbocycles. The predicted octanol–water partition coefficient (Wildman–Crippen LogP) is 2.66. The quantitative estimate of drug-likeness (QED) is 0.828. The van der Waals surface area contributed by atoms with Crippen LogP contribution in [0.2, 0.25) is 0 Å². The Kier molecular flexibility index (Phi) is 2.55. The lowest BCUT2D eigenvalue weighted by molar-refractivity contribution is -0.0591. The summed E-state index contributed by atoms with van der Waals surface area (Å²) in [5, 5.41) is 12.5. The molecule has 19 heavy (non-hydrogen) atoms. The number of hydrogen-bond acceptors (Lipinski definition) is 3. The lowest BCUT2D eigenvalue weighted by Gasteiger charge is -2.55. The smallest absolute Gasteiger partial charge is 0.200 e. The fourth-order valence-electron chi connectivity index (χ4n) is 5.77.